The number of halogens is 1. The van der Waals surface area contributed by atoms with Crippen molar-refractivity contribution < 1.29 is 4.79 Å². The SMILES string of the molecule is CC(C)n1ncc(NC(=O)Cn2ccc(-c3ccc(Cl)s3)n2)n1. The summed E-state index contributed by atoms with van der Waals surface area (Å²) in [6.45, 7) is 4.04. The van der Waals surface area contributed by atoms with Crippen LogP contribution in [0.5, 0.6) is 0 Å². The van der Waals surface area contributed by atoms with Crippen molar-refractivity contribution in [2.24, 2.45) is 0 Å². The molecule has 0 aliphatic heterocycles. The van der Waals surface area contributed by atoms with Gasteiger partial charge in [0.15, 0.2) is 5.82 Å². The summed E-state index contributed by atoms with van der Waals surface area (Å²) in [5.41, 5.74) is 0.792. The normalized spacial score (nSPS) is 11.1. The van der Waals surface area contributed by atoms with Gasteiger partial charge < -0.3 is 5.32 Å². The fourth-order valence-corrected chi connectivity index (χ4v) is 2.95. The first-order valence-electron chi connectivity index (χ1n) is 7.02. The van der Waals surface area contributed by atoms with Crippen molar-refractivity contribution in [3.8, 4) is 10.6 Å². The van der Waals surface area contributed by atoms with Crippen LogP contribution >= 0.6 is 22.9 Å². The van der Waals surface area contributed by atoms with Gasteiger partial charge in [0, 0.05) is 6.20 Å². The molecular formula is C14H15ClN6OS. The predicted molar refractivity (Wildman–Crippen MR) is 89.6 cm³/mol. The zero-order valence-electron chi connectivity index (χ0n) is 12.6. The van der Waals surface area contributed by atoms with Gasteiger partial charge in [-0.15, -0.1) is 16.4 Å². The molecule has 0 radical (unpaired) electrons. The van der Waals surface area contributed by atoms with Crippen LogP contribution in [0.4, 0.5) is 5.82 Å². The molecule has 1 amide bonds. The van der Waals surface area contributed by atoms with Gasteiger partial charge in [-0.3, -0.25) is 9.48 Å². The third-order valence-corrected chi connectivity index (χ3v) is 4.26. The Morgan fingerprint density at radius 1 is 1.35 bits per heavy atom. The molecule has 0 atom stereocenters. The van der Waals surface area contributed by atoms with Crippen LogP contribution in [-0.4, -0.2) is 30.7 Å². The Kier molecular flexibility index (Phi) is 4.44. The molecule has 1 N–H and O–H groups in total. The molecule has 3 heterocycles. The van der Waals surface area contributed by atoms with E-state index >= 15 is 0 Å². The minimum Gasteiger partial charge on any atom is -0.306 e. The van der Waals surface area contributed by atoms with E-state index in [9.17, 15) is 4.79 Å². The van der Waals surface area contributed by atoms with Gasteiger partial charge in [0.1, 0.15) is 12.2 Å². The maximum absolute atomic E-state index is 12.0. The molecule has 3 rings (SSSR count). The van der Waals surface area contributed by atoms with Crippen LogP contribution in [0.3, 0.4) is 0 Å². The van der Waals surface area contributed by atoms with Crippen molar-refractivity contribution in [1.82, 2.24) is 24.8 Å². The van der Waals surface area contributed by atoms with E-state index in [1.807, 2.05) is 32.0 Å². The highest BCUT2D eigenvalue weighted by molar-refractivity contribution is 7.19. The maximum Gasteiger partial charge on any atom is 0.247 e. The molecule has 120 valence electrons. The van der Waals surface area contributed by atoms with E-state index in [0.29, 0.717) is 10.2 Å². The van der Waals surface area contributed by atoms with Gasteiger partial charge in [-0.05, 0) is 32.0 Å². The van der Waals surface area contributed by atoms with Gasteiger partial charge in [-0.25, -0.2) is 0 Å². The number of nitrogens with zero attached hydrogens (tertiary/aromatic N) is 5. The maximum atomic E-state index is 12.0. The Bertz CT molecular complexity index is 821. The van der Waals surface area contributed by atoms with E-state index in [2.05, 4.69) is 20.6 Å². The molecule has 0 unspecified atom stereocenters. The Hall–Kier alpha value is -2.19. The molecule has 3 aromatic heterocycles. The Balaban J connectivity index is 1.62. The van der Waals surface area contributed by atoms with Crippen LogP contribution in [0.1, 0.15) is 19.9 Å². The third-order valence-electron chi connectivity index (χ3n) is 3.01. The molecule has 0 saturated heterocycles. The van der Waals surface area contributed by atoms with Crippen LogP contribution in [0.2, 0.25) is 4.34 Å². The van der Waals surface area contributed by atoms with Crippen molar-refractivity contribution in [3.05, 3.63) is 34.9 Å². The average Bonchev–Trinajstić information content (AvgIpc) is 3.19. The summed E-state index contributed by atoms with van der Waals surface area (Å²) >= 11 is 7.37. The molecule has 0 bridgehead atoms. The van der Waals surface area contributed by atoms with E-state index in [4.69, 9.17) is 11.6 Å². The average molecular weight is 351 g/mol. The Labute approximate surface area is 141 Å². The summed E-state index contributed by atoms with van der Waals surface area (Å²) in [5, 5.41) is 15.3. The number of hydrogen-bond acceptors (Lipinski definition) is 5. The summed E-state index contributed by atoms with van der Waals surface area (Å²) in [6.07, 6.45) is 3.29. The predicted octanol–water partition coefficient (Wildman–Crippen LogP) is 3.08. The van der Waals surface area contributed by atoms with E-state index in [0.717, 1.165) is 10.6 Å². The lowest BCUT2D eigenvalue weighted by atomic mass is 10.3. The monoisotopic (exact) mass is 350 g/mol. The minimum absolute atomic E-state index is 0.105. The summed E-state index contributed by atoms with van der Waals surface area (Å²) < 4.78 is 2.28. The lowest BCUT2D eigenvalue weighted by Gasteiger charge is -2.03. The lowest BCUT2D eigenvalue weighted by Crippen LogP contribution is -2.19. The first-order chi connectivity index (χ1) is 11.0. The van der Waals surface area contributed by atoms with Crippen molar-refractivity contribution in [1.29, 1.82) is 0 Å². The van der Waals surface area contributed by atoms with Gasteiger partial charge in [-0.1, -0.05) is 11.6 Å². The fourth-order valence-electron chi connectivity index (χ4n) is 1.94. The molecule has 23 heavy (non-hydrogen) atoms. The third kappa shape index (κ3) is 3.77. The summed E-state index contributed by atoms with van der Waals surface area (Å²) in [7, 11) is 0. The van der Waals surface area contributed by atoms with E-state index in [1.54, 1.807) is 15.7 Å². The molecule has 9 heteroatoms. The topological polar surface area (TPSA) is 77.6 Å². The van der Waals surface area contributed by atoms with Crippen molar-refractivity contribution >= 4 is 34.7 Å². The van der Waals surface area contributed by atoms with Gasteiger partial charge in [0.05, 0.1) is 21.5 Å². The van der Waals surface area contributed by atoms with Crippen molar-refractivity contribution in [2.75, 3.05) is 5.32 Å². The smallest absolute Gasteiger partial charge is 0.247 e. The number of anilines is 1. The molecule has 0 spiro atoms. The summed E-state index contributed by atoms with van der Waals surface area (Å²) in [4.78, 5) is 14.6. The number of carbonyl (C=O) groups is 1. The zero-order chi connectivity index (χ0) is 16.4. The Morgan fingerprint density at radius 3 is 2.83 bits per heavy atom. The van der Waals surface area contributed by atoms with E-state index < -0.39 is 0 Å². The van der Waals surface area contributed by atoms with Crippen LogP contribution < -0.4 is 5.32 Å². The number of rotatable bonds is 5. The summed E-state index contributed by atoms with van der Waals surface area (Å²) in [5.74, 6) is 0.223. The molecular weight excluding hydrogens is 336 g/mol. The molecule has 0 aliphatic rings. The Morgan fingerprint density at radius 2 is 2.17 bits per heavy atom. The quantitative estimate of drug-likeness (QED) is 0.767. The molecule has 0 fully saturated rings. The second-order valence-corrected chi connectivity index (χ2v) is 6.91. The van der Waals surface area contributed by atoms with Crippen LogP contribution in [-0.2, 0) is 11.3 Å². The highest BCUT2D eigenvalue weighted by Gasteiger charge is 2.10. The number of carbonyl (C=O) groups excluding carboxylic acids is 1. The minimum atomic E-state index is -0.209. The van der Waals surface area contributed by atoms with E-state index in [-0.39, 0.29) is 18.5 Å². The first-order valence-corrected chi connectivity index (χ1v) is 8.21. The highest BCUT2D eigenvalue weighted by atomic mass is 35.5. The van der Waals surface area contributed by atoms with Crippen LogP contribution in [0.15, 0.2) is 30.6 Å². The molecule has 7 nitrogen and oxygen atoms in total. The van der Waals surface area contributed by atoms with Crippen LogP contribution in [0, 0.1) is 0 Å². The standard InChI is InChI=1S/C14H15ClN6OS/c1-9(2)21-16-7-13(19-21)17-14(22)8-20-6-5-10(18-20)11-3-4-12(15)23-11/h3-7,9H,8H2,1-2H3,(H,17,19,22). The van der Waals surface area contributed by atoms with Gasteiger partial charge in [-0.2, -0.15) is 15.0 Å². The number of aromatic nitrogens is 5. The second-order valence-electron chi connectivity index (χ2n) is 5.19. The number of nitrogens with one attached hydrogen (secondary N) is 1. The highest BCUT2D eigenvalue weighted by Crippen LogP contribution is 2.29. The van der Waals surface area contributed by atoms with Crippen molar-refractivity contribution in [2.45, 2.75) is 26.4 Å². The van der Waals surface area contributed by atoms with Gasteiger partial charge in [0.25, 0.3) is 0 Å². The van der Waals surface area contributed by atoms with Gasteiger partial charge >= 0.3 is 0 Å². The molecule has 3 aromatic rings. The molecule has 0 aromatic carbocycles. The number of hydrogen-bond donors (Lipinski definition) is 1. The molecule has 0 aliphatic carbocycles. The van der Waals surface area contributed by atoms with Gasteiger partial charge in [0.2, 0.25) is 5.91 Å². The number of thiophene rings is 1. The largest absolute Gasteiger partial charge is 0.306 e. The fraction of sp³-hybridized carbons (Fsp3) is 0.286. The lowest BCUT2D eigenvalue weighted by molar-refractivity contribution is -0.116. The van der Waals surface area contributed by atoms with E-state index in [1.165, 1.54) is 17.5 Å². The number of amides is 1. The molecule has 0 saturated carbocycles. The second kappa shape index (κ2) is 6.51. The zero-order valence-corrected chi connectivity index (χ0v) is 14.2. The van der Waals surface area contributed by atoms with Crippen LogP contribution in [0.25, 0.3) is 10.6 Å². The summed E-state index contributed by atoms with van der Waals surface area (Å²) in [6, 6.07) is 5.73. The first kappa shape index (κ1) is 15.7. The van der Waals surface area contributed by atoms with Crippen molar-refractivity contribution in [3.63, 3.8) is 0 Å².